The molecule has 0 amide bonds. The first-order valence-corrected chi connectivity index (χ1v) is 12.3. The fraction of sp³-hybridized carbons (Fsp3) is 0.179. The van der Waals surface area contributed by atoms with Crippen molar-refractivity contribution in [1.82, 2.24) is 10.3 Å². The van der Waals surface area contributed by atoms with Crippen LogP contribution >= 0.6 is 7.92 Å². The molecule has 1 aromatic heterocycles. The Morgan fingerprint density at radius 3 is 1.90 bits per heavy atom. The largest absolute Gasteiger partial charge is 0.302 e. The van der Waals surface area contributed by atoms with Crippen molar-refractivity contribution in [3.63, 3.8) is 0 Å². The van der Waals surface area contributed by atoms with Crippen LogP contribution in [0.5, 0.6) is 0 Å². The molecule has 0 radical (unpaired) electrons. The van der Waals surface area contributed by atoms with E-state index < -0.39 is 7.92 Å². The molecule has 0 aliphatic carbocycles. The number of pyridine rings is 1. The lowest BCUT2D eigenvalue weighted by Crippen LogP contribution is -2.30. The number of nitrogens with zero attached hydrogens (tertiary/aromatic N) is 1. The van der Waals surface area contributed by atoms with Crippen molar-refractivity contribution in [2.24, 2.45) is 0 Å². The van der Waals surface area contributed by atoms with E-state index in [1.807, 2.05) is 12.3 Å². The van der Waals surface area contributed by atoms with Crippen molar-refractivity contribution in [3.05, 3.63) is 121 Å². The molecule has 0 aliphatic rings. The van der Waals surface area contributed by atoms with Gasteiger partial charge in [0.15, 0.2) is 0 Å². The van der Waals surface area contributed by atoms with E-state index in [4.69, 9.17) is 0 Å². The van der Waals surface area contributed by atoms with Crippen molar-refractivity contribution in [3.8, 4) is 0 Å². The molecule has 0 spiro atoms. The lowest BCUT2D eigenvalue weighted by Gasteiger charge is -2.27. The maximum Gasteiger partial charge on any atom is 0.0573 e. The van der Waals surface area contributed by atoms with Crippen LogP contribution in [-0.2, 0) is 0 Å². The van der Waals surface area contributed by atoms with Crippen molar-refractivity contribution in [2.45, 2.75) is 32.4 Å². The molecular weight excluding hydrogens is 395 g/mol. The molecule has 0 saturated carbocycles. The van der Waals surface area contributed by atoms with E-state index in [1.165, 1.54) is 21.5 Å². The molecule has 1 heterocycles. The van der Waals surface area contributed by atoms with Gasteiger partial charge in [0.2, 0.25) is 0 Å². The molecule has 2 unspecified atom stereocenters. The lowest BCUT2D eigenvalue weighted by molar-refractivity contribution is 0.449. The minimum Gasteiger partial charge on any atom is -0.302 e. The Balaban J connectivity index is 1.72. The highest BCUT2D eigenvalue weighted by Gasteiger charge is 2.23. The van der Waals surface area contributed by atoms with Gasteiger partial charge in [0.25, 0.3) is 0 Å². The summed E-state index contributed by atoms with van der Waals surface area (Å²) in [5, 5.41) is 8.00. The van der Waals surface area contributed by atoms with E-state index in [0.29, 0.717) is 0 Å². The second kappa shape index (κ2) is 10.5. The summed E-state index contributed by atoms with van der Waals surface area (Å²) in [7, 11) is -0.638. The standard InChI is InChI=1S/C28H29N2P/c1-3-26(27-19-12-13-21-29-27)30-22(2)25-18-10-11-20-28(25)31(23-14-6-4-7-15-23)24-16-8-5-9-17-24/h4-22,26,30H,3H2,1-2H3. The molecule has 156 valence electrons. The van der Waals surface area contributed by atoms with Gasteiger partial charge < -0.3 is 5.32 Å². The van der Waals surface area contributed by atoms with Gasteiger partial charge in [0.05, 0.1) is 5.69 Å². The number of aromatic nitrogens is 1. The average molecular weight is 425 g/mol. The van der Waals surface area contributed by atoms with Crippen LogP contribution in [0.25, 0.3) is 0 Å². The molecule has 0 fully saturated rings. The predicted octanol–water partition coefficient (Wildman–Crippen LogP) is 5.64. The molecule has 0 aliphatic heterocycles. The number of rotatable bonds is 8. The zero-order chi connectivity index (χ0) is 21.5. The van der Waals surface area contributed by atoms with Gasteiger partial charge in [0.1, 0.15) is 0 Å². The minimum absolute atomic E-state index is 0.209. The Morgan fingerprint density at radius 2 is 1.32 bits per heavy atom. The molecule has 4 aromatic rings. The van der Waals surface area contributed by atoms with Crippen LogP contribution in [-0.4, -0.2) is 4.98 Å². The topological polar surface area (TPSA) is 24.9 Å². The van der Waals surface area contributed by atoms with Crippen molar-refractivity contribution in [2.75, 3.05) is 0 Å². The molecule has 2 nitrogen and oxygen atoms in total. The summed E-state index contributed by atoms with van der Waals surface area (Å²) in [6.07, 6.45) is 2.87. The fourth-order valence-corrected chi connectivity index (χ4v) is 6.58. The van der Waals surface area contributed by atoms with Gasteiger partial charge in [-0.25, -0.2) is 0 Å². The molecule has 0 bridgehead atoms. The van der Waals surface area contributed by atoms with Crippen molar-refractivity contribution in [1.29, 1.82) is 0 Å². The Kier molecular flexibility index (Phi) is 7.25. The molecule has 0 saturated heterocycles. The van der Waals surface area contributed by atoms with Gasteiger partial charge in [-0.15, -0.1) is 0 Å². The third kappa shape index (κ3) is 5.10. The van der Waals surface area contributed by atoms with Gasteiger partial charge in [-0.3, -0.25) is 4.98 Å². The van der Waals surface area contributed by atoms with Crippen LogP contribution in [0.15, 0.2) is 109 Å². The molecule has 4 rings (SSSR count). The van der Waals surface area contributed by atoms with Gasteiger partial charge in [-0.1, -0.05) is 97.9 Å². The highest BCUT2D eigenvalue weighted by atomic mass is 31.1. The molecule has 3 heteroatoms. The normalized spacial score (nSPS) is 13.1. The SMILES string of the molecule is CCC(NC(C)c1ccccc1P(c1ccccc1)c1ccccc1)c1ccccn1. The molecule has 31 heavy (non-hydrogen) atoms. The highest BCUT2D eigenvalue weighted by molar-refractivity contribution is 7.79. The number of nitrogens with one attached hydrogen (secondary N) is 1. The summed E-state index contributed by atoms with van der Waals surface area (Å²) in [5.74, 6) is 0. The molecular formula is C28H29N2P. The minimum atomic E-state index is -0.638. The van der Waals surface area contributed by atoms with Crippen LogP contribution in [0.2, 0.25) is 0 Å². The van der Waals surface area contributed by atoms with Gasteiger partial charge in [0, 0.05) is 18.3 Å². The second-order valence-corrected chi connectivity index (χ2v) is 9.85. The number of hydrogen-bond acceptors (Lipinski definition) is 2. The highest BCUT2D eigenvalue weighted by Crippen LogP contribution is 2.36. The van der Waals surface area contributed by atoms with E-state index in [0.717, 1.165) is 12.1 Å². The zero-order valence-corrected chi connectivity index (χ0v) is 19.0. The molecule has 3 aromatic carbocycles. The van der Waals surface area contributed by atoms with E-state index >= 15 is 0 Å². The Hall–Kier alpha value is -2.80. The Bertz CT molecular complexity index is 1030. The third-order valence-corrected chi connectivity index (χ3v) is 8.10. The summed E-state index contributed by atoms with van der Waals surface area (Å²) < 4.78 is 0. The zero-order valence-electron chi connectivity index (χ0n) is 18.1. The summed E-state index contributed by atoms with van der Waals surface area (Å²) in [6, 6.07) is 37.3. The van der Waals surface area contributed by atoms with Gasteiger partial charge in [-0.05, 0) is 54.9 Å². The first-order valence-electron chi connectivity index (χ1n) is 10.9. The first-order chi connectivity index (χ1) is 15.3. The van der Waals surface area contributed by atoms with Crippen LogP contribution in [0.3, 0.4) is 0 Å². The van der Waals surface area contributed by atoms with Crippen LogP contribution in [0.1, 0.15) is 43.6 Å². The summed E-state index contributed by atoms with van der Waals surface area (Å²) in [5.41, 5.74) is 2.46. The predicted molar refractivity (Wildman–Crippen MR) is 134 cm³/mol. The lowest BCUT2D eigenvalue weighted by atomic mass is 10.0. The number of benzene rings is 3. The fourth-order valence-electron chi connectivity index (χ4n) is 4.02. The second-order valence-electron chi connectivity index (χ2n) is 7.67. The van der Waals surface area contributed by atoms with Gasteiger partial charge in [-0.2, -0.15) is 0 Å². The summed E-state index contributed by atoms with van der Waals surface area (Å²) in [4.78, 5) is 4.59. The maximum absolute atomic E-state index is 4.59. The van der Waals surface area contributed by atoms with E-state index in [9.17, 15) is 0 Å². The van der Waals surface area contributed by atoms with Crippen molar-refractivity contribution < 1.29 is 0 Å². The monoisotopic (exact) mass is 424 g/mol. The van der Waals surface area contributed by atoms with Crippen molar-refractivity contribution >= 4 is 23.8 Å². The summed E-state index contributed by atoms with van der Waals surface area (Å²) in [6.45, 7) is 4.49. The quantitative estimate of drug-likeness (QED) is 0.370. The van der Waals surface area contributed by atoms with Crippen LogP contribution in [0.4, 0.5) is 0 Å². The van der Waals surface area contributed by atoms with E-state index in [1.54, 1.807) is 0 Å². The van der Waals surface area contributed by atoms with Gasteiger partial charge >= 0.3 is 0 Å². The van der Waals surface area contributed by atoms with Crippen LogP contribution in [0, 0.1) is 0 Å². The maximum atomic E-state index is 4.59. The summed E-state index contributed by atoms with van der Waals surface area (Å²) >= 11 is 0. The smallest absolute Gasteiger partial charge is 0.0573 e. The molecule has 2 atom stereocenters. The Labute approximate surface area is 187 Å². The van der Waals surface area contributed by atoms with E-state index in [-0.39, 0.29) is 12.1 Å². The third-order valence-electron chi connectivity index (χ3n) is 5.58. The van der Waals surface area contributed by atoms with E-state index in [2.05, 4.69) is 121 Å². The average Bonchev–Trinajstić information content (AvgIpc) is 2.85. The molecule has 1 N–H and O–H groups in total. The van der Waals surface area contributed by atoms with Crippen LogP contribution < -0.4 is 21.2 Å². The Morgan fingerprint density at radius 1 is 0.742 bits per heavy atom. The number of hydrogen-bond donors (Lipinski definition) is 1. The first kappa shape index (κ1) is 21.4.